The van der Waals surface area contributed by atoms with Gasteiger partial charge in [-0.05, 0) is 88.9 Å². The third-order valence-electron chi connectivity index (χ3n) is 11.4. The highest BCUT2D eigenvalue weighted by Gasteiger charge is 2.62. The maximum atomic E-state index is 14.7. The predicted octanol–water partition coefficient (Wildman–Crippen LogP) is 1.85. The van der Waals surface area contributed by atoms with Crippen LogP contribution < -0.4 is 24.8 Å². The Balaban J connectivity index is 1.16. The van der Waals surface area contributed by atoms with Crippen LogP contribution in [-0.2, 0) is 43.5 Å². The Hall–Kier alpha value is -5.46. The van der Waals surface area contributed by atoms with E-state index < -0.39 is 98.4 Å². The van der Waals surface area contributed by atoms with Crippen LogP contribution in [0, 0.1) is 5.92 Å². The molecule has 5 amide bonds. The van der Waals surface area contributed by atoms with Gasteiger partial charge in [0.2, 0.25) is 33.6 Å². The highest BCUT2D eigenvalue weighted by atomic mass is 32.2. The molecule has 1 aromatic carbocycles. The number of ether oxygens (including phenoxy) is 4. The van der Waals surface area contributed by atoms with E-state index in [1.165, 1.54) is 15.9 Å². The van der Waals surface area contributed by atoms with Gasteiger partial charge >= 0.3 is 12.1 Å². The SMILES string of the molecule is C=C[C@@H]1C[C@]1(NC(=O)[C@@H]1CC(Oc2nccc3cc(OC)ccc23)CN1C(=O)[C@H](CCC(=O)N1C[C@H]2CC[C@@H]1C(=O)O2)NC(=O)OC(C)(C)C)C(=O)NS(=O)(=O)C1CC1. The summed E-state index contributed by atoms with van der Waals surface area (Å²) in [5.74, 6) is -3.06. The Labute approximate surface area is 341 Å². The monoisotopic (exact) mass is 838 g/mol. The van der Waals surface area contributed by atoms with Gasteiger partial charge in [0.25, 0.3) is 5.91 Å². The molecule has 0 radical (unpaired) electrons. The van der Waals surface area contributed by atoms with Gasteiger partial charge in [0.1, 0.15) is 47.2 Å². The summed E-state index contributed by atoms with van der Waals surface area (Å²) >= 11 is 0. The first kappa shape index (κ1) is 41.7. The molecule has 2 aliphatic carbocycles. The van der Waals surface area contributed by atoms with Crippen molar-refractivity contribution in [1.82, 2.24) is 30.1 Å². The number of rotatable bonds is 14. The molecule has 8 rings (SSSR count). The number of hydrogen-bond acceptors (Lipinski definition) is 13. The van der Waals surface area contributed by atoms with Gasteiger partial charge in [0.15, 0.2) is 0 Å². The van der Waals surface area contributed by atoms with E-state index in [1.807, 2.05) is 0 Å². The van der Waals surface area contributed by atoms with Gasteiger partial charge in [-0.3, -0.25) is 23.9 Å². The number of pyridine rings is 1. The number of fused-ring (bicyclic) bond motifs is 4. The molecule has 6 aliphatic rings. The summed E-state index contributed by atoms with van der Waals surface area (Å²) in [5.41, 5.74) is -2.58. The fourth-order valence-corrected chi connectivity index (χ4v) is 9.38. The average Bonchev–Trinajstić information content (AvgIpc) is 4.12. The minimum Gasteiger partial charge on any atom is -0.497 e. The van der Waals surface area contributed by atoms with Crippen LogP contribution in [0.1, 0.15) is 72.1 Å². The first-order valence-electron chi connectivity index (χ1n) is 19.8. The lowest BCUT2D eigenvalue weighted by Crippen LogP contribution is -2.59. The number of sulfonamides is 1. The molecule has 1 aromatic heterocycles. The zero-order valence-electron chi connectivity index (χ0n) is 33.4. The number of piperidine rings is 1. The van der Waals surface area contributed by atoms with Crippen molar-refractivity contribution in [3.05, 3.63) is 43.1 Å². The van der Waals surface area contributed by atoms with Crippen molar-refractivity contribution < 1.29 is 56.1 Å². The van der Waals surface area contributed by atoms with Gasteiger partial charge in [0.05, 0.1) is 25.4 Å². The molecule has 7 atom stereocenters. The Morgan fingerprint density at radius 1 is 1.08 bits per heavy atom. The van der Waals surface area contributed by atoms with E-state index in [4.69, 9.17) is 18.9 Å². The van der Waals surface area contributed by atoms with Crippen molar-refractivity contribution in [2.75, 3.05) is 20.2 Å². The number of alkyl carbamates (subject to hydrolysis) is 1. The lowest BCUT2D eigenvalue weighted by atomic mass is 9.95. The van der Waals surface area contributed by atoms with Crippen LogP contribution >= 0.6 is 0 Å². The summed E-state index contributed by atoms with van der Waals surface area (Å²) < 4.78 is 50.2. The Kier molecular flexibility index (Phi) is 11.3. The molecular formula is C40H50N6O12S. The quantitative estimate of drug-likeness (QED) is 0.183. The highest BCUT2D eigenvalue weighted by molar-refractivity contribution is 7.91. The van der Waals surface area contributed by atoms with E-state index in [-0.39, 0.29) is 44.7 Å². The summed E-state index contributed by atoms with van der Waals surface area (Å²) in [6.07, 6.45) is 2.29. The van der Waals surface area contributed by atoms with Crippen LogP contribution in [0.15, 0.2) is 43.1 Å². The minimum absolute atomic E-state index is 0.0784. The normalized spacial score (nSPS) is 26.6. The molecule has 1 unspecified atom stereocenters. The number of methoxy groups -OCH3 is 1. The fourth-order valence-electron chi connectivity index (χ4n) is 8.02. The molecule has 4 aliphatic heterocycles. The maximum Gasteiger partial charge on any atom is 0.408 e. The second-order valence-electron chi connectivity index (χ2n) is 16.8. The molecule has 318 valence electrons. The van der Waals surface area contributed by atoms with Crippen LogP contribution in [0.25, 0.3) is 10.8 Å². The third-order valence-corrected chi connectivity index (χ3v) is 13.2. The van der Waals surface area contributed by atoms with Gasteiger partial charge in [-0.25, -0.2) is 23.0 Å². The van der Waals surface area contributed by atoms with Crippen molar-refractivity contribution in [2.45, 2.75) is 119 Å². The van der Waals surface area contributed by atoms with E-state index in [0.717, 1.165) is 5.39 Å². The van der Waals surface area contributed by atoms with Gasteiger partial charge in [-0.2, -0.15) is 0 Å². The van der Waals surface area contributed by atoms with Crippen molar-refractivity contribution in [2.24, 2.45) is 5.92 Å². The number of nitrogens with one attached hydrogen (secondary N) is 3. The topological polar surface area (TPSA) is 229 Å². The number of nitrogens with zero attached hydrogens (tertiary/aromatic N) is 3. The van der Waals surface area contributed by atoms with Crippen LogP contribution in [0.3, 0.4) is 0 Å². The first-order valence-corrected chi connectivity index (χ1v) is 21.4. The molecule has 6 fully saturated rings. The summed E-state index contributed by atoms with van der Waals surface area (Å²) in [4.78, 5) is 89.0. The number of hydrogen-bond donors (Lipinski definition) is 3. The van der Waals surface area contributed by atoms with E-state index in [9.17, 15) is 37.2 Å². The van der Waals surface area contributed by atoms with E-state index in [0.29, 0.717) is 36.8 Å². The van der Waals surface area contributed by atoms with E-state index >= 15 is 0 Å². The Morgan fingerprint density at radius 3 is 2.49 bits per heavy atom. The van der Waals surface area contributed by atoms with Gasteiger partial charge in [-0.1, -0.05) is 6.08 Å². The molecule has 3 N–H and O–H groups in total. The van der Waals surface area contributed by atoms with Crippen LogP contribution in [0.5, 0.6) is 11.6 Å². The smallest absolute Gasteiger partial charge is 0.408 e. The molecule has 0 spiro atoms. The van der Waals surface area contributed by atoms with Crippen LogP contribution in [-0.4, -0.2) is 126 Å². The second kappa shape index (κ2) is 16.0. The summed E-state index contributed by atoms with van der Waals surface area (Å²) in [7, 11) is -2.42. The molecule has 19 heteroatoms. The van der Waals surface area contributed by atoms with E-state index in [2.05, 4.69) is 26.9 Å². The standard InChI is InChI=1S/C40H50N6O12S/c1-6-23-19-40(23,37(51)44-59(53,54)27-9-10-27)43-33(48)31-18-26(56-34-28-11-7-24(55-5)17-22(28)15-16-41-34)21-46(31)35(49)29(42-38(52)58-39(2,3)4)12-14-32(47)45-20-25-8-13-30(45)36(50)57-25/h6-7,11,15-17,23,25-27,29-31H,1,8-10,12-14,18-21H2,2-5H3,(H,42,52)(H,43,48)(H,44,51)/t23-,25-,26?,29+,30-,31+,40-/m1/s1. The Bertz CT molecular complexity index is 2170. The number of carbonyl (C=O) groups excluding carboxylic acids is 6. The Morgan fingerprint density at radius 2 is 1.85 bits per heavy atom. The largest absolute Gasteiger partial charge is 0.497 e. The van der Waals surface area contributed by atoms with Crippen molar-refractivity contribution in [3.63, 3.8) is 0 Å². The molecular weight excluding hydrogens is 789 g/mol. The van der Waals surface area contributed by atoms with Crippen molar-refractivity contribution >= 4 is 56.5 Å². The van der Waals surface area contributed by atoms with Crippen LogP contribution in [0.2, 0.25) is 0 Å². The first-order chi connectivity index (χ1) is 27.9. The van der Waals surface area contributed by atoms with Crippen LogP contribution in [0.4, 0.5) is 4.79 Å². The second-order valence-corrected chi connectivity index (χ2v) is 18.8. The number of aromatic nitrogens is 1. The zero-order valence-corrected chi connectivity index (χ0v) is 34.2. The average molecular weight is 839 g/mol. The molecule has 2 aromatic rings. The molecule has 5 heterocycles. The lowest BCUT2D eigenvalue weighted by molar-refractivity contribution is -0.181. The van der Waals surface area contributed by atoms with Crippen molar-refractivity contribution in [3.8, 4) is 11.6 Å². The molecule has 18 nitrogen and oxygen atoms in total. The molecule has 59 heavy (non-hydrogen) atoms. The molecule has 4 saturated heterocycles. The number of carbonyl (C=O) groups is 6. The van der Waals surface area contributed by atoms with Gasteiger partial charge in [0, 0.05) is 30.3 Å². The zero-order chi connectivity index (χ0) is 42.4. The number of amides is 5. The van der Waals surface area contributed by atoms with Gasteiger partial charge < -0.3 is 39.4 Å². The summed E-state index contributed by atoms with van der Waals surface area (Å²) in [6, 6.07) is 3.67. The number of likely N-dealkylation sites (tertiary alicyclic amines) is 1. The summed E-state index contributed by atoms with van der Waals surface area (Å²) in [6.45, 7) is 8.75. The molecule has 2 bridgehead atoms. The third kappa shape index (κ3) is 8.94. The predicted molar refractivity (Wildman–Crippen MR) is 209 cm³/mol. The number of morpholine rings is 1. The van der Waals surface area contributed by atoms with Gasteiger partial charge in [-0.15, -0.1) is 6.58 Å². The highest BCUT2D eigenvalue weighted by Crippen LogP contribution is 2.45. The van der Waals surface area contributed by atoms with E-state index in [1.54, 1.807) is 58.3 Å². The number of esters is 1. The minimum atomic E-state index is -3.96. The van der Waals surface area contributed by atoms with Crippen molar-refractivity contribution in [1.29, 1.82) is 0 Å². The lowest BCUT2D eigenvalue weighted by Gasteiger charge is -2.43. The number of benzene rings is 1. The summed E-state index contributed by atoms with van der Waals surface area (Å²) in [5, 5.41) is 6.04. The fraction of sp³-hybridized carbons (Fsp3) is 0.575. The maximum absolute atomic E-state index is 14.7. The molecule has 2 saturated carbocycles.